The number of para-hydroxylation sites is 2. The molecular formula is C20H18O4. The monoisotopic (exact) mass is 322 g/mol. The third-order valence-electron chi connectivity index (χ3n) is 3.67. The summed E-state index contributed by atoms with van der Waals surface area (Å²) >= 11 is 0. The second-order valence-corrected chi connectivity index (χ2v) is 5.13. The number of carbonyl (C=O) groups is 1. The van der Waals surface area contributed by atoms with Gasteiger partial charge in [-0.2, -0.15) is 0 Å². The Morgan fingerprint density at radius 1 is 0.833 bits per heavy atom. The highest BCUT2D eigenvalue weighted by molar-refractivity contribution is 6.06. The first kappa shape index (κ1) is 15.9. The Balaban J connectivity index is 2.07. The summed E-state index contributed by atoms with van der Waals surface area (Å²) in [6.07, 6.45) is 0. The third kappa shape index (κ3) is 3.04. The van der Waals surface area contributed by atoms with E-state index in [4.69, 9.17) is 14.2 Å². The number of rotatable bonds is 5. The van der Waals surface area contributed by atoms with Crippen molar-refractivity contribution in [2.75, 3.05) is 13.7 Å². The highest BCUT2D eigenvalue weighted by Gasteiger charge is 2.15. The summed E-state index contributed by atoms with van der Waals surface area (Å²) < 4.78 is 16.5. The molecule has 3 aromatic carbocycles. The quantitative estimate of drug-likeness (QED) is 0.632. The molecule has 24 heavy (non-hydrogen) atoms. The molecule has 3 aromatic rings. The Bertz CT molecular complexity index is 870. The molecule has 0 saturated carbocycles. The maximum atomic E-state index is 12.1. The normalized spacial score (nSPS) is 10.4. The van der Waals surface area contributed by atoms with Crippen molar-refractivity contribution in [2.45, 2.75) is 6.92 Å². The Kier molecular flexibility index (Phi) is 4.66. The van der Waals surface area contributed by atoms with Gasteiger partial charge in [-0.1, -0.05) is 36.4 Å². The van der Waals surface area contributed by atoms with Crippen molar-refractivity contribution >= 4 is 16.7 Å². The van der Waals surface area contributed by atoms with Crippen molar-refractivity contribution in [3.05, 3.63) is 66.2 Å². The van der Waals surface area contributed by atoms with Crippen LogP contribution < -0.4 is 9.47 Å². The van der Waals surface area contributed by atoms with Crippen LogP contribution in [0.1, 0.15) is 17.3 Å². The number of hydrogen-bond acceptors (Lipinski definition) is 4. The van der Waals surface area contributed by atoms with Crippen LogP contribution in [0, 0.1) is 0 Å². The highest BCUT2D eigenvalue weighted by Crippen LogP contribution is 2.36. The second kappa shape index (κ2) is 7.04. The van der Waals surface area contributed by atoms with Crippen molar-refractivity contribution in [3.8, 4) is 17.2 Å². The molecule has 0 aliphatic heterocycles. The van der Waals surface area contributed by atoms with Crippen molar-refractivity contribution in [2.24, 2.45) is 0 Å². The topological polar surface area (TPSA) is 44.8 Å². The lowest BCUT2D eigenvalue weighted by Gasteiger charge is -2.13. The molecule has 3 rings (SSSR count). The minimum atomic E-state index is -0.336. The molecule has 0 aliphatic rings. The highest BCUT2D eigenvalue weighted by atomic mass is 16.5. The molecular weight excluding hydrogens is 304 g/mol. The minimum Gasteiger partial charge on any atom is -0.493 e. The first-order valence-corrected chi connectivity index (χ1v) is 7.74. The molecule has 122 valence electrons. The van der Waals surface area contributed by atoms with Gasteiger partial charge >= 0.3 is 5.97 Å². The lowest BCUT2D eigenvalue weighted by Crippen LogP contribution is -2.05. The number of methoxy groups -OCH3 is 1. The van der Waals surface area contributed by atoms with Crippen molar-refractivity contribution in [1.82, 2.24) is 0 Å². The van der Waals surface area contributed by atoms with Crippen LogP contribution in [0.25, 0.3) is 10.8 Å². The lowest BCUT2D eigenvalue weighted by atomic mass is 10.0. The number of hydrogen-bond donors (Lipinski definition) is 0. The van der Waals surface area contributed by atoms with Gasteiger partial charge in [-0.3, -0.25) is 0 Å². The zero-order valence-corrected chi connectivity index (χ0v) is 13.6. The van der Waals surface area contributed by atoms with Crippen LogP contribution in [0.15, 0.2) is 60.7 Å². The van der Waals surface area contributed by atoms with Gasteiger partial charge in [0.25, 0.3) is 0 Å². The summed E-state index contributed by atoms with van der Waals surface area (Å²) in [5.74, 6) is 1.59. The largest absolute Gasteiger partial charge is 0.493 e. The van der Waals surface area contributed by atoms with Gasteiger partial charge < -0.3 is 14.2 Å². The van der Waals surface area contributed by atoms with Crippen molar-refractivity contribution < 1.29 is 19.0 Å². The molecule has 0 amide bonds. The Morgan fingerprint density at radius 2 is 1.50 bits per heavy atom. The smallest absolute Gasteiger partial charge is 0.338 e. The second-order valence-electron chi connectivity index (χ2n) is 5.13. The van der Waals surface area contributed by atoms with Gasteiger partial charge in [0.2, 0.25) is 0 Å². The van der Waals surface area contributed by atoms with Crippen LogP contribution >= 0.6 is 0 Å². The standard InChI is InChI=1S/C20H18O4/c1-3-23-20(21)16-12-13-17(15-9-5-4-8-14(15)16)24-19-11-7-6-10-18(19)22-2/h4-13H,3H2,1-2H3. The van der Waals surface area contributed by atoms with Crippen molar-refractivity contribution in [3.63, 3.8) is 0 Å². The summed E-state index contributed by atoms with van der Waals surface area (Å²) in [5.41, 5.74) is 0.528. The maximum absolute atomic E-state index is 12.1. The minimum absolute atomic E-state index is 0.336. The fraction of sp³-hybridized carbons (Fsp3) is 0.150. The fourth-order valence-corrected chi connectivity index (χ4v) is 2.57. The molecule has 0 fully saturated rings. The van der Waals surface area contributed by atoms with E-state index in [-0.39, 0.29) is 5.97 Å². The molecule has 0 radical (unpaired) electrons. The fourth-order valence-electron chi connectivity index (χ4n) is 2.57. The van der Waals surface area contributed by atoms with Gasteiger partial charge in [0, 0.05) is 5.39 Å². The van der Waals surface area contributed by atoms with E-state index >= 15 is 0 Å². The number of benzene rings is 3. The molecule has 0 unspecified atom stereocenters. The predicted molar refractivity (Wildman–Crippen MR) is 93.0 cm³/mol. The van der Waals surface area contributed by atoms with Crippen LogP contribution in [0.3, 0.4) is 0 Å². The summed E-state index contributed by atoms with van der Waals surface area (Å²) in [4.78, 5) is 12.1. The molecule has 0 atom stereocenters. The Morgan fingerprint density at radius 3 is 2.21 bits per heavy atom. The van der Waals surface area contributed by atoms with Gasteiger partial charge in [0.1, 0.15) is 5.75 Å². The van der Waals surface area contributed by atoms with Crippen LogP contribution in [0.2, 0.25) is 0 Å². The SMILES string of the molecule is CCOC(=O)c1ccc(Oc2ccccc2OC)c2ccccc12. The summed E-state index contributed by atoms with van der Waals surface area (Å²) in [7, 11) is 1.60. The van der Waals surface area contributed by atoms with Gasteiger partial charge in [-0.15, -0.1) is 0 Å². The number of esters is 1. The van der Waals surface area contributed by atoms with E-state index < -0.39 is 0 Å². The van der Waals surface area contributed by atoms with E-state index in [1.807, 2.05) is 48.5 Å². The molecule has 0 aliphatic carbocycles. The average molecular weight is 322 g/mol. The van der Waals surface area contributed by atoms with Crippen LogP contribution in [-0.2, 0) is 4.74 Å². The van der Waals surface area contributed by atoms with E-state index in [1.54, 1.807) is 26.2 Å². The predicted octanol–water partition coefficient (Wildman–Crippen LogP) is 4.82. The molecule has 4 nitrogen and oxygen atoms in total. The first-order chi connectivity index (χ1) is 11.7. The molecule has 0 N–H and O–H groups in total. The molecule has 0 aromatic heterocycles. The number of carbonyl (C=O) groups excluding carboxylic acids is 1. The summed E-state index contributed by atoms with van der Waals surface area (Å²) in [5, 5.41) is 1.64. The van der Waals surface area contributed by atoms with Crippen molar-refractivity contribution in [1.29, 1.82) is 0 Å². The van der Waals surface area contributed by atoms with Crippen LogP contribution in [0.4, 0.5) is 0 Å². The average Bonchev–Trinajstić information content (AvgIpc) is 2.62. The van der Waals surface area contributed by atoms with E-state index in [9.17, 15) is 4.79 Å². The molecule has 0 spiro atoms. The van der Waals surface area contributed by atoms with Gasteiger partial charge in [-0.05, 0) is 36.6 Å². The van der Waals surface area contributed by atoms with Crippen LogP contribution in [-0.4, -0.2) is 19.7 Å². The van der Waals surface area contributed by atoms with Crippen LogP contribution in [0.5, 0.6) is 17.2 Å². The van der Waals surface area contributed by atoms with Gasteiger partial charge in [0.15, 0.2) is 11.5 Å². The number of ether oxygens (including phenoxy) is 3. The summed E-state index contributed by atoms with van der Waals surface area (Å²) in [6, 6.07) is 18.5. The van der Waals surface area contributed by atoms with E-state index in [0.29, 0.717) is 29.4 Å². The molecule has 0 bridgehead atoms. The molecule has 4 heteroatoms. The first-order valence-electron chi connectivity index (χ1n) is 7.74. The Hall–Kier alpha value is -3.01. The van der Waals surface area contributed by atoms with Gasteiger partial charge in [0.05, 0.1) is 19.3 Å². The summed E-state index contributed by atoms with van der Waals surface area (Å²) in [6.45, 7) is 2.13. The maximum Gasteiger partial charge on any atom is 0.338 e. The Labute approximate surface area is 140 Å². The third-order valence-corrected chi connectivity index (χ3v) is 3.67. The van der Waals surface area contributed by atoms with E-state index in [1.165, 1.54) is 0 Å². The molecule has 0 saturated heterocycles. The molecule has 0 heterocycles. The number of fused-ring (bicyclic) bond motifs is 1. The zero-order valence-electron chi connectivity index (χ0n) is 13.6. The van der Waals surface area contributed by atoms with E-state index in [0.717, 1.165) is 10.8 Å². The lowest BCUT2D eigenvalue weighted by molar-refractivity contribution is 0.0528. The van der Waals surface area contributed by atoms with E-state index in [2.05, 4.69) is 0 Å². The van der Waals surface area contributed by atoms with Gasteiger partial charge in [-0.25, -0.2) is 4.79 Å². The zero-order chi connectivity index (χ0) is 16.9.